The van der Waals surface area contributed by atoms with Crippen LogP contribution in [-0.4, -0.2) is 28.9 Å². The van der Waals surface area contributed by atoms with Crippen molar-refractivity contribution in [3.8, 4) is 0 Å². The molecule has 20 heavy (non-hydrogen) atoms. The molecule has 0 amide bonds. The SMILES string of the molecule is CNC(C)(CC(C)Sc1ccc(C(C)C)cc1)C(=O)O. The van der Waals surface area contributed by atoms with Crippen LogP contribution >= 0.6 is 11.8 Å². The average molecular weight is 295 g/mol. The molecule has 0 aliphatic carbocycles. The molecular formula is C16H25NO2S. The van der Waals surface area contributed by atoms with Crippen molar-refractivity contribution >= 4 is 17.7 Å². The third kappa shape index (κ3) is 4.53. The normalized spacial score (nSPS) is 15.9. The van der Waals surface area contributed by atoms with Gasteiger partial charge in [0.15, 0.2) is 0 Å². The highest BCUT2D eigenvalue weighted by atomic mass is 32.2. The molecule has 0 aliphatic heterocycles. The predicted molar refractivity (Wildman–Crippen MR) is 85.6 cm³/mol. The van der Waals surface area contributed by atoms with E-state index in [-0.39, 0.29) is 5.25 Å². The number of hydrogen-bond donors (Lipinski definition) is 2. The number of rotatable bonds is 7. The molecule has 0 fully saturated rings. The number of carboxylic acids is 1. The highest BCUT2D eigenvalue weighted by Gasteiger charge is 2.33. The molecule has 3 nitrogen and oxygen atoms in total. The Hall–Kier alpha value is -1.00. The van der Waals surface area contributed by atoms with Gasteiger partial charge in [0.1, 0.15) is 5.54 Å². The van der Waals surface area contributed by atoms with Gasteiger partial charge in [-0.2, -0.15) is 0 Å². The fourth-order valence-electron chi connectivity index (χ4n) is 2.08. The summed E-state index contributed by atoms with van der Waals surface area (Å²) >= 11 is 1.72. The van der Waals surface area contributed by atoms with Crippen LogP contribution in [0.15, 0.2) is 29.2 Å². The summed E-state index contributed by atoms with van der Waals surface area (Å²) in [5.74, 6) is -0.270. The second kappa shape index (κ2) is 7.14. The van der Waals surface area contributed by atoms with Gasteiger partial charge in [-0.3, -0.25) is 4.79 Å². The minimum atomic E-state index is -0.871. The van der Waals surface area contributed by atoms with E-state index in [4.69, 9.17) is 0 Å². The van der Waals surface area contributed by atoms with Gasteiger partial charge in [-0.15, -0.1) is 11.8 Å². The van der Waals surface area contributed by atoms with Crippen molar-refractivity contribution in [1.29, 1.82) is 0 Å². The first-order valence-electron chi connectivity index (χ1n) is 6.97. The van der Waals surface area contributed by atoms with Crippen molar-refractivity contribution in [2.24, 2.45) is 0 Å². The summed E-state index contributed by atoms with van der Waals surface area (Å²) in [6.07, 6.45) is 0.579. The van der Waals surface area contributed by atoms with E-state index < -0.39 is 11.5 Å². The molecule has 0 saturated carbocycles. The van der Waals surface area contributed by atoms with E-state index in [9.17, 15) is 9.90 Å². The molecular weight excluding hydrogens is 270 g/mol. The Labute approximate surface area is 126 Å². The van der Waals surface area contributed by atoms with Crippen molar-refractivity contribution in [3.63, 3.8) is 0 Å². The lowest BCUT2D eigenvalue weighted by atomic mass is 9.96. The Bertz CT molecular complexity index is 444. The van der Waals surface area contributed by atoms with Gasteiger partial charge < -0.3 is 10.4 Å². The van der Waals surface area contributed by atoms with Crippen LogP contribution in [0.2, 0.25) is 0 Å². The van der Waals surface area contributed by atoms with E-state index in [0.717, 1.165) is 0 Å². The quantitative estimate of drug-likeness (QED) is 0.752. The summed E-state index contributed by atoms with van der Waals surface area (Å²) in [6.45, 7) is 8.15. The molecule has 1 aromatic rings. The molecule has 2 N–H and O–H groups in total. The van der Waals surface area contributed by atoms with Crippen molar-refractivity contribution in [2.45, 2.75) is 55.7 Å². The van der Waals surface area contributed by atoms with E-state index in [1.54, 1.807) is 25.7 Å². The zero-order valence-electron chi connectivity index (χ0n) is 12.9. The van der Waals surface area contributed by atoms with Gasteiger partial charge in [-0.25, -0.2) is 0 Å². The average Bonchev–Trinajstić information content (AvgIpc) is 2.38. The molecule has 0 spiro atoms. The molecule has 2 unspecified atom stereocenters. The van der Waals surface area contributed by atoms with Gasteiger partial charge in [0.25, 0.3) is 0 Å². The lowest BCUT2D eigenvalue weighted by molar-refractivity contribution is -0.144. The van der Waals surface area contributed by atoms with Crippen molar-refractivity contribution in [2.75, 3.05) is 7.05 Å². The first kappa shape index (κ1) is 17.1. The van der Waals surface area contributed by atoms with Gasteiger partial charge in [0, 0.05) is 10.1 Å². The van der Waals surface area contributed by atoms with Crippen LogP contribution in [0.4, 0.5) is 0 Å². The summed E-state index contributed by atoms with van der Waals surface area (Å²) in [5.41, 5.74) is 0.456. The summed E-state index contributed by atoms with van der Waals surface area (Å²) in [4.78, 5) is 12.5. The number of thioether (sulfide) groups is 1. The molecule has 4 heteroatoms. The third-order valence-electron chi connectivity index (χ3n) is 3.60. The fraction of sp³-hybridized carbons (Fsp3) is 0.562. The summed E-state index contributed by atoms with van der Waals surface area (Å²) in [7, 11) is 1.70. The second-order valence-corrected chi connectivity index (χ2v) is 7.26. The molecule has 0 aliphatic rings. The van der Waals surface area contributed by atoms with Crippen molar-refractivity contribution in [3.05, 3.63) is 29.8 Å². The molecule has 0 bridgehead atoms. The molecule has 1 aromatic carbocycles. The van der Waals surface area contributed by atoms with E-state index >= 15 is 0 Å². The lowest BCUT2D eigenvalue weighted by Crippen LogP contribution is -2.49. The predicted octanol–water partition coefficient (Wildman–Crippen LogP) is 3.74. The van der Waals surface area contributed by atoms with E-state index in [0.29, 0.717) is 12.3 Å². The number of benzene rings is 1. The number of aliphatic carboxylic acids is 1. The minimum absolute atomic E-state index is 0.230. The maximum atomic E-state index is 11.3. The van der Waals surface area contributed by atoms with Gasteiger partial charge >= 0.3 is 5.97 Å². The Kier molecular flexibility index (Phi) is 6.08. The van der Waals surface area contributed by atoms with Gasteiger partial charge in [-0.1, -0.05) is 32.9 Å². The molecule has 0 radical (unpaired) electrons. The zero-order chi connectivity index (χ0) is 15.3. The van der Waals surface area contributed by atoms with Gasteiger partial charge in [0.2, 0.25) is 0 Å². The van der Waals surface area contributed by atoms with E-state index in [1.165, 1.54) is 10.5 Å². The highest BCUT2D eigenvalue weighted by molar-refractivity contribution is 7.99. The number of likely N-dealkylation sites (N-methyl/N-ethyl adjacent to an activating group) is 1. The van der Waals surface area contributed by atoms with E-state index in [1.807, 2.05) is 0 Å². The lowest BCUT2D eigenvalue weighted by Gasteiger charge is -2.27. The largest absolute Gasteiger partial charge is 0.480 e. The maximum absolute atomic E-state index is 11.3. The molecule has 1 rings (SSSR count). The Balaban J connectivity index is 2.66. The molecule has 0 heterocycles. The smallest absolute Gasteiger partial charge is 0.323 e. The number of nitrogens with one attached hydrogen (secondary N) is 1. The summed E-state index contributed by atoms with van der Waals surface area (Å²) in [6, 6.07) is 8.53. The van der Waals surface area contributed by atoms with Crippen LogP contribution in [-0.2, 0) is 4.79 Å². The first-order valence-corrected chi connectivity index (χ1v) is 7.85. The van der Waals surface area contributed by atoms with Crippen LogP contribution in [0.1, 0.15) is 45.6 Å². The zero-order valence-corrected chi connectivity index (χ0v) is 13.8. The third-order valence-corrected chi connectivity index (χ3v) is 4.72. The van der Waals surface area contributed by atoms with Gasteiger partial charge in [0.05, 0.1) is 0 Å². The Morgan fingerprint density at radius 2 is 1.85 bits per heavy atom. The highest BCUT2D eigenvalue weighted by Crippen LogP contribution is 2.29. The number of hydrogen-bond acceptors (Lipinski definition) is 3. The fourth-order valence-corrected chi connectivity index (χ4v) is 3.25. The topological polar surface area (TPSA) is 49.3 Å². The van der Waals surface area contributed by atoms with E-state index in [2.05, 4.69) is 50.4 Å². The summed E-state index contributed by atoms with van der Waals surface area (Å²) in [5, 5.41) is 12.4. The van der Waals surface area contributed by atoms with Crippen molar-refractivity contribution < 1.29 is 9.90 Å². The monoisotopic (exact) mass is 295 g/mol. The number of carboxylic acid groups (broad SMARTS) is 1. The maximum Gasteiger partial charge on any atom is 0.323 e. The Morgan fingerprint density at radius 3 is 2.25 bits per heavy atom. The van der Waals surface area contributed by atoms with Crippen LogP contribution in [0, 0.1) is 0 Å². The molecule has 2 atom stereocenters. The molecule has 0 aromatic heterocycles. The van der Waals surface area contributed by atoms with Crippen LogP contribution in [0.25, 0.3) is 0 Å². The summed E-state index contributed by atoms with van der Waals surface area (Å²) < 4.78 is 0. The second-order valence-electron chi connectivity index (χ2n) is 5.74. The molecule has 0 saturated heterocycles. The minimum Gasteiger partial charge on any atom is -0.480 e. The van der Waals surface area contributed by atoms with Crippen molar-refractivity contribution in [1.82, 2.24) is 5.32 Å². The molecule has 112 valence electrons. The van der Waals surface area contributed by atoms with Crippen LogP contribution in [0.5, 0.6) is 0 Å². The number of carbonyl (C=O) groups is 1. The van der Waals surface area contributed by atoms with Gasteiger partial charge in [-0.05, 0) is 44.0 Å². The van der Waals surface area contributed by atoms with Crippen LogP contribution < -0.4 is 5.32 Å². The Morgan fingerprint density at radius 1 is 1.30 bits per heavy atom. The standard InChI is InChI=1S/C16H25NO2S/c1-11(2)13-6-8-14(9-7-13)20-12(3)10-16(4,17-5)15(18)19/h6-9,11-12,17H,10H2,1-5H3,(H,18,19). The first-order chi connectivity index (χ1) is 9.28. The van der Waals surface area contributed by atoms with Crippen LogP contribution in [0.3, 0.4) is 0 Å².